The van der Waals surface area contributed by atoms with Crippen molar-refractivity contribution in [2.75, 3.05) is 0 Å². The van der Waals surface area contributed by atoms with Crippen LogP contribution in [0.1, 0.15) is 62.7 Å². The van der Waals surface area contributed by atoms with E-state index in [9.17, 15) is 29.8 Å². The average Bonchev–Trinajstić information content (AvgIpc) is 3.25. The largest absolute Gasteiger partial charge is 0.457 e. The number of nitrogens with zero attached hydrogens (tertiary/aromatic N) is 2. The monoisotopic (exact) mass is 532 g/mol. The Hall–Kier alpha value is -4.64. The van der Waals surface area contributed by atoms with Gasteiger partial charge in [-0.3, -0.25) is 20.2 Å². The van der Waals surface area contributed by atoms with Crippen LogP contribution in [0.4, 0.5) is 11.4 Å². The highest BCUT2D eigenvalue weighted by Gasteiger charge is 2.43. The van der Waals surface area contributed by atoms with Crippen molar-refractivity contribution in [1.29, 1.82) is 0 Å². The standard InChI is InChI=1S/C28H24N2O9/c1-28-11-10-24(39-28)13-19-12-20(15-37-26(31)17-2-6-22(7-3-17)29(33)34)21(14-25(19)28)16-38-27(32)18-4-8-23(9-5-18)30(35)36/h2-9,12,14,24H,10-11,13,15-16H2,1H3/t24-,28+/m0/s1. The van der Waals surface area contributed by atoms with Crippen molar-refractivity contribution in [1.82, 2.24) is 0 Å². The highest BCUT2D eigenvalue weighted by atomic mass is 16.6. The van der Waals surface area contributed by atoms with Gasteiger partial charge in [-0.25, -0.2) is 9.59 Å². The Morgan fingerprint density at radius 1 is 0.872 bits per heavy atom. The topological polar surface area (TPSA) is 148 Å². The first-order valence-corrected chi connectivity index (χ1v) is 12.3. The number of ether oxygens (including phenoxy) is 3. The molecule has 1 fully saturated rings. The van der Waals surface area contributed by atoms with Crippen molar-refractivity contribution >= 4 is 23.3 Å². The summed E-state index contributed by atoms with van der Waals surface area (Å²) in [5, 5.41) is 21.8. The predicted molar refractivity (Wildman–Crippen MR) is 136 cm³/mol. The summed E-state index contributed by atoms with van der Waals surface area (Å²) < 4.78 is 17.3. The van der Waals surface area contributed by atoms with Gasteiger partial charge in [-0.2, -0.15) is 0 Å². The summed E-state index contributed by atoms with van der Waals surface area (Å²) in [7, 11) is 0. The first kappa shape index (κ1) is 26.0. The second kappa shape index (κ2) is 10.3. The Bertz CT molecular complexity index is 1470. The number of carbonyl (C=O) groups excluding carboxylic acids is 2. The molecule has 1 saturated heterocycles. The third-order valence-corrected chi connectivity index (χ3v) is 7.16. The molecule has 11 heteroatoms. The van der Waals surface area contributed by atoms with Gasteiger partial charge in [-0.1, -0.05) is 6.07 Å². The van der Waals surface area contributed by atoms with E-state index in [1.165, 1.54) is 48.5 Å². The number of carbonyl (C=O) groups is 2. The van der Waals surface area contributed by atoms with E-state index in [0.717, 1.165) is 30.4 Å². The summed E-state index contributed by atoms with van der Waals surface area (Å²) in [4.78, 5) is 46.0. The first-order chi connectivity index (χ1) is 18.6. The molecule has 200 valence electrons. The van der Waals surface area contributed by atoms with Gasteiger partial charge in [0.1, 0.15) is 13.2 Å². The lowest BCUT2D eigenvalue weighted by Crippen LogP contribution is -2.30. The minimum atomic E-state index is -0.653. The number of hydrogen-bond donors (Lipinski definition) is 0. The second-order valence-electron chi connectivity index (χ2n) is 9.75. The molecular weight excluding hydrogens is 508 g/mol. The zero-order valence-electron chi connectivity index (χ0n) is 21.0. The van der Waals surface area contributed by atoms with Crippen LogP contribution in [0.15, 0.2) is 60.7 Å². The van der Waals surface area contributed by atoms with Crippen LogP contribution >= 0.6 is 0 Å². The third kappa shape index (κ3) is 5.34. The molecule has 0 N–H and O–H groups in total. The molecule has 2 aliphatic heterocycles. The zero-order chi connectivity index (χ0) is 27.7. The number of fused-ring (bicyclic) bond motifs is 4. The fourth-order valence-electron chi connectivity index (χ4n) is 5.07. The fraction of sp³-hybridized carbons (Fsp3) is 0.286. The number of benzene rings is 3. The maximum Gasteiger partial charge on any atom is 0.338 e. The number of hydrogen-bond acceptors (Lipinski definition) is 9. The molecule has 39 heavy (non-hydrogen) atoms. The van der Waals surface area contributed by atoms with E-state index in [4.69, 9.17) is 14.2 Å². The van der Waals surface area contributed by atoms with Crippen LogP contribution in [0.25, 0.3) is 0 Å². The fourth-order valence-corrected chi connectivity index (χ4v) is 5.07. The number of nitro groups is 2. The molecule has 3 aromatic rings. The summed E-state index contributed by atoms with van der Waals surface area (Å²) in [5.74, 6) is -1.30. The summed E-state index contributed by atoms with van der Waals surface area (Å²) >= 11 is 0. The van der Waals surface area contributed by atoms with Gasteiger partial charge in [0, 0.05) is 24.3 Å². The lowest BCUT2D eigenvalue weighted by atomic mass is 9.86. The number of esters is 2. The van der Waals surface area contributed by atoms with Gasteiger partial charge in [-0.15, -0.1) is 0 Å². The predicted octanol–water partition coefficient (Wildman–Crippen LogP) is 5.17. The van der Waals surface area contributed by atoms with Crippen LogP contribution in [0.2, 0.25) is 0 Å². The molecule has 2 heterocycles. The molecule has 2 atom stereocenters. The summed E-state index contributed by atoms with van der Waals surface area (Å²) in [6, 6.07) is 14.1. The summed E-state index contributed by atoms with van der Waals surface area (Å²) in [6.45, 7) is 1.81. The summed E-state index contributed by atoms with van der Waals surface area (Å²) in [5.41, 5.74) is 2.98. The van der Waals surface area contributed by atoms with Crippen molar-refractivity contribution in [3.8, 4) is 0 Å². The van der Waals surface area contributed by atoms with Gasteiger partial charge in [0.2, 0.25) is 0 Å². The summed E-state index contributed by atoms with van der Waals surface area (Å²) in [6.07, 6.45) is 2.63. The van der Waals surface area contributed by atoms with E-state index in [2.05, 4.69) is 0 Å². The number of nitro benzene ring substituents is 2. The second-order valence-corrected chi connectivity index (χ2v) is 9.75. The SMILES string of the molecule is C[C@@]12CC[C@@H](Cc3cc(COC(=O)c4ccc([N+](=O)[O-])cc4)c(COC(=O)c4ccc([N+](=O)[O-])cc4)cc31)O2. The Morgan fingerprint density at radius 3 is 1.85 bits per heavy atom. The molecule has 0 saturated carbocycles. The van der Waals surface area contributed by atoms with Crippen LogP contribution in [0.3, 0.4) is 0 Å². The Balaban J connectivity index is 1.36. The Morgan fingerprint density at radius 2 is 1.36 bits per heavy atom. The third-order valence-electron chi connectivity index (χ3n) is 7.16. The van der Waals surface area contributed by atoms with E-state index in [1.807, 2.05) is 19.1 Å². The highest BCUT2D eigenvalue weighted by molar-refractivity contribution is 5.90. The lowest BCUT2D eigenvalue weighted by Gasteiger charge is -2.33. The smallest absolute Gasteiger partial charge is 0.338 e. The van der Waals surface area contributed by atoms with E-state index in [0.29, 0.717) is 11.1 Å². The van der Waals surface area contributed by atoms with Gasteiger partial charge < -0.3 is 14.2 Å². The van der Waals surface area contributed by atoms with Gasteiger partial charge in [0.15, 0.2) is 0 Å². The molecule has 2 bridgehead atoms. The molecule has 0 amide bonds. The maximum absolute atomic E-state index is 12.7. The van der Waals surface area contributed by atoms with Gasteiger partial charge in [-0.05, 0) is 78.8 Å². The van der Waals surface area contributed by atoms with Crippen LogP contribution in [-0.2, 0) is 39.4 Å². The minimum Gasteiger partial charge on any atom is -0.457 e. The van der Waals surface area contributed by atoms with E-state index in [1.54, 1.807) is 0 Å². The van der Waals surface area contributed by atoms with Crippen molar-refractivity contribution in [2.24, 2.45) is 0 Å². The number of non-ortho nitro benzene ring substituents is 2. The quantitative estimate of drug-likeness (QED) is 0.218. The Labute approximate surface area is 222 Å². The molecule has 0 aliphatic carbocycles. The van der Waals surface area contributed by atoms with E-state index < -0.39 is 27.4 Å². The highest BCUT2D eigenvalue weighted by Crippen LogP contribution is 2.46. The molecule has 0 radical (unpaired) electrons. The maximum atomic E-state index is 12.7. The lowest BCUT2D eigenvalue weighted by molar-refractivity contribution is -0.385. The minimum absolute atomic E-state index is 0.101. The van der Waals surface area contributed by atoms with Crippen LogP contribution in [-0.4, -0.2) is 27.9 Å². The molecule has 2 aliphatic rings. The first-order valence-electron chi connectivity index (χ1n) is 12.3. The van der Waals surface area contributed by atoms with Crippen molar-refractivity contribution in [3.05, 3.63) is 114 Å². The Kier molecular flexibility index (Phi) is 6.83. The van der Waals surface area contributed by atoms with Crippen molar-refractivity contribution in [2.45, 2.75) is 51.1 Å². The van der Waals surface area contributed by atoms with Gasteiger partial charge in [0.05, 0.1) is 32.7 Å². The molecule has 3 aromatic carbocycles. The van der Waals surface area contributed by atoms with Crippen LogP contribution < -0.4 is 0 Å². The average molecular weight is 533 g/mol. The van der Waals surface area contributed by atoms with Crippen LogP contribution in [0, 0.1) is 20.2 Å². The zero-order valence-corrected chi connectivity index (χ0v) is 21.0. The van der Waals surface area contributed by atoms with Gasteiger partial charge in [0.25, 0.3) is 11.4 Å². The normalized spacial score (nSPS) is 19.2. The molecule has 0 spiro atoms. The molecule has 5 rings (SSSR count). The molecular formula is C28H24N2O9. The number of rotatable bonds is 8. The van der Waals surface area contributed by atoms with E-state index in [-0.39, 0.29) is 41.8 Å². The molecule has 0 unspecified atom stereocenters. The van der Waals surface area contributed by atoms with E-state index >= 15 is 0 Å². The van der Waals surface area contributed by atoms with Crippen molar-refractivity contribution < 1.29 is 33.6 Å². The molecule has 11 nitrogen and oxygen atoms in total. The van der Waals surface area contributed by atoms with Gasteiger partial charge >= 0.3 is 11.9 Å². The van der Waals surface area contributed by atoms with Crippen LogP contribution in [0.5, 0.6) is 0 Å². The molecule has 0 aromatic heterocycles. The van der Waals surface area contributed by atoms with Crippen molar-refractivity contribution in [3.63, 3.8) is 0 Å².